The van der Waals surface area contributed by atoms with Gasteiger partial charge < -0.3 is 10.6 Å². The predicted octanol–water partition coefficient (Wildman–Crippen LogP) is 2.28. The zero-order chi connectivity index (χ0) is 14.9. The fourth-order valence-electron chi connectivity index (χ4n) is 1.93. The minimum Gasteiger partial charge on any atom is -0.397 e. The summed E-state index contributed by atoms with van der Waals surface area (Å²) in [5.74, 6) is 0.304. The van der Waals surface area contributed by atoms with Gasteiger partial charge in [0.15, 0.2) is 0 Å². The third-order valence-electron chi connectivity index (χ3n) is 3.13. The van der Waals surface area contributed by atoms with Gasteiger partial charge in [-0.05, 0) is 30.2 Å². The van der Waals surface area contributed by atoms with Gasteiger partial charge >= 0.3 is 0 Å². The number of anilines is 1. The highest BCUT2D eigenvalue weighted by Gasteiger charge is 2.12. The van der Waals surface area contributed by atoms with Crippen molar-refractivity contribution in [2.45, 2.75) is 19.8 Å². The predicted molar refractivity (Wildman–Crippen MR) is 80.1 cm³/mol. The molecule has 1 aromatic heterocycles. The second-order valence-corrected chi connectivity index (χ2v) is 5.31. The van der Waals surface area contributed by atoms with Gasteiger partial charge in [-0.2, -0.15) is 5.10 Å². The average molecular weight is 272 g/mol. The molecule has 1 heterocycles. The Balaban J connectivity index is 2.36. The number of hydrogen-bond acceptors (Lipinski definition) is 3. The SMILES string of the molecule is CC(C)c1ccn(-c2ccc(C(=O)N(C)C)cc2N)n1. The van der Waals surface area contributed by atoms with Crippen molar-refractivity contribution in [1.29, 1.82) is 0 Å². The summed E-state index contributed by atoms with van der Waals surface area (Å²) in [5.41, 5.74) is 8.96. The van der Waals surface area contributed by atoms with E-state index in [1.165, 1.54) is 4.90 Å². The standard InChI is InChI=1S/C15H20N4O/c1-10(2)13-7-8-19(17-13)14-6-5-11(9-12(14)16)15(20)18(3)4/h5-10H,16H2,1-4H3. The van der Waals surface area contributed by atoms with Gasteiger partial charge in [0.2, 0.25) is 0 Å². The van der Waals surface area contributed by atoms with E-state index in [2.05, 4.69) is 18.9 Å². The van der Waals surface area contributed by atoms with Crippen LogP contribution in [0.2, 0.25) is 0 Å². The molecule has 20 heavy (non-hydrogen) atoms. The maximum absolute atomic E-state index is 11.9. The maximum Gasteiger partial charge on any atom is 0.253 e. The number of hydrogen-bond donors (Lipinski definition) is 1. The van der Waals surface area contributed by atoms with Gasteiger partial charge in [-0.25, -0.2) is 4.68 Å². The van der Waals surface area contributed by atoms with Crippen molar-refractivity contribution in [2.24, 2.45) is 0 Å². The maximum atomic E-state index is 11.9. The molecule has 0 aliphatic rings. The molecular formula is C15H20N4O. The highest BCUT2D eigenvalue weighted by atomic mass is 16.2. The topological polar surface area (TPSA) is 64.2 Å². The van der Waals surface area contributed by atoms with E-state index in [0.717, 1.165) is 11.4 Å². The van der Waals surface area contributed by atoms with E-state index in [0.29, 0.717) is 17.2 Å². The summed E-state index contributed by atoms with van der Waals surface area (Å²) in [6.45, 7) is 4.18. The molecule has 0 bridgehead atoms. The highest BCUT2D eigenvalue weighted by Crippen LogP contribution is 2.21. The number of benzene rings is 1. The van der Waals surface area contributed by atoms with Crippen LogP contribution < -0.4 is 5.73 Å². The van der Waals surface area contributed by atoms with Crippen molar-refractivity contribution in [1.82, 2.24) is 14.7 Å². The third kappa shape index (κ3) is 2.66. The molecule has 1 aromatic carbocycles. The molecule has 0 aliphatic carbocycles. The lowest BCUT2D eigenvalue weighted by molar-refractivity contribution is 0.0827. The van der Waals surface area contributed by atoms with Gasteiger partial charge in [0.05, 0.1) is 17.1 Å². The van der Waals surface area contributed by atoms with Crippen molar-refractivity contribution in [3.05, 3.63) is 41.7 Å². The Hall–Kier alpha value is -2.30. The number of nitrogens with two attached hydrogens (primary N) is 1. The van der Waals surface area contributed by atoms with Gasteiger partial charge in [0.25, 0.3) is 5.91 Å². The second kappa shape index (κ2) is 5.36. The summed E-state index contributed by atoms with van der Waals surface area (Å²) in [4.78, 5) is 13.4. The fraction of sp³-hybridized carbons (Fsp3) is 0.333. The molecule has 0 saturated heterocycles. The van der Waals surface area contributed by atoms with Crippen LogP contribution in [0.5, 0.6) is 0 Å². The fourth-order valence-corrected chi connectivity index (χ4v) is 1.93. The van der Waals surface area contributed by atoms with Gasteiger partial charge in [-0.15, -0.1) is 0 Å². The molecule has 0 fully saturated rings. The molecule has 0 spiro atoms. The summed E-state index contributed by atoms with van der Waals surface area (Å²) in [7, 11) is 3.43. The Labute approximate surface area is 119 Å². The molecule has 2 N–H and O–H groups in total. The van der Waals surface area contributed by atoms with Crippen LogP contribution in [0.3, 0.4) is 0 Å². The van der Waals surface area contributed by atoms with E-state index < -0.39 is 0 Å². The van der Waals surface area contributed by atoms with Crippen LogP contribution in [0.25, 0.3) is 5.69 Å². The van der Waals surface area contributed by atoms with Gasteiger partial charge in [-0.3, -0.25) is 4.79 Å². The molecule has 106 valence electrons. The van der Waals surface area contributed by atoms with E-state index in [1.807, 2.05) is 18.3 Å². The molecule has 0 unspecified atom stereocenters. The number of nitrogens with zero attached hydrogens (tertiary/aromatic N) is 3. The zero-order valence-electron chi connectivity index (χ0n) is 12.3. The molecule has 5 heteroatoms. The van der Waals surface area contributed by atoms with Crippen LogP contribution in [-0.2, 0) is 0 Å². The first kappa shape index (κ1) is 14.1. The Morgan fingerprint density at radius 3 is 2.50 bits per heavy atom. The number of amides is 1. The van der Waals surface area contributed by atoms with E-state index in [-0.39, 0.29) is 5.91 Å². The van der Waals surface area contributed by atoms with Crippen molar-refractivity contribution in [3.63, 3.8) is 0 Å². The summed E-state index contributed by atoms with van der Waals surface area (Å²) < 4.78 is 1.74. The third-order valence-corrected chi connectivity index (χ3v) is 3.13. The lowest BCUT2D eigenvalue weighted by Gasteiger charge is -2.12. The number of rotatable bonds is 3. The summed E-state index contributed by atoms with van der Waals surface area (Å²) >= 11 is 0. The lowest BCUT2D eigenvalue weighted by atomic mass is 10.1. The molecule has 2 rings (SSSR count). The smallest absolute Gasteiger partial charge is 0.253 e. The van der Waals surface area contributed by atoms with Crippen LogP contribution in [0, 0.1) is 0 Å². The largest absolute Gasteiger partial charge is 0.397 e. The molecule has 1 amide bonds. The van der Waals surface area contributed by atoms with Gasteiger partial charge in [0.1, 0.15) is 0 Å². The first-order chi connectivity index (χ1) is 9.40. The summed E-state index contributed by atoms with van der Waals surface area (Å²) in [5, 5.41) is 4.49. The monoisotopic (exact) mass is 272 g/mol. The van der Waals surface area contributed by atoms with Crippen LogP contribution in [0.15, 0.2) is 30.5 Å². The highest BCUT2D eigenvalue weighted by molar-refractivity contribution is 5.95. The second-order valence-electron chi connectivity index (χ2n) is 5.31. The van der Waals surface area contributed by atoms with E-state index >= 15 is 0 Å². The summed E-state index contributed by atoms with van der Waals surface area (Å²) in [6.07, 6.45) is 1.88. The Morgan fingerprint density at radius 1 is 1.30 bits per heavy atom. The Kier molecular flexibility index (Phi) is 3.79. The van der Waals surface area contributed by atoms with Gasteiger partial charge in [0, 0.05) is 25.9 Å². The number of nitrogen functional groups attached to an aromatic ring is 1. The molecule has 0 saturated carbocycles. The average Bonchev–Trinajstić information content (AvgIpc) is 2.87. The quantitative estimate of drug-likeness (QED) is 0.872. The minimum atomic E-state index is -0.0633. The molecular weight excluding hydrogens is 252 g/mol. The first-order valence-electron chi connectivity index (χ1n) is 6.57. The number of carbonyl (C=O) groups is 1. The van der Waals surface area contributed by atoms with Crippen LogP contribution in [-0.4, -0.2) is 34.7 Å². The van der Waals surface area contributed by atoms with Gasteiger partial charge in [-0.1, -0.05) is 13.8 Å². The molecule has 5 nitrogen and oxygen atoms in total. The van der Waals surface area contributed by atoms with E-state index in [4.69, 9.17) is 5.73 Å². The van der Waals surface area contributed by atoms with E-state index in [1.54, 1.807) is 30.9 Å². The number of carbonyl (C=O) groups excluding carboxylic acids is 1. The normalized spacial score (nSPS) is 10.8. The molecule has 0 atom stereocenters. The summed E-state index contributed by atoms with van der Waals surface area (Å²) in [6, 6.07) is 7.26. The zero-order valence-corrected chi connectivity index (χ0v) is 12.3. The minimum absolute atomic E-state index is 0.0633. The van der Waals surface area contributed by atoms with Crippen LogP contribution in [0.1, 0.15) is 35.8 Å². The van der Waals surface area contributed by atoms with Crippen LogP contribution in [0.4, 0.5) is 5.69 Å². The molecule has 0 aliphatic heterocycles. The lowest BCUT2D eigenvalue weighted by Crippen LogP contribution is -2.21. The number of aromatic nitrogens is 2. The molecule has 2 aromatic rings. The Bertz CT molecular complexity index is 629. The van der Waals surface area contributed by atoms with Crippen molar-refractivity contribution in [2.75, 3.05) is 19.8 Å². The first-order valence-corrected chi connectivity index (χ1v) is 6.57. The molecule has 0 radical (unpaired) electrons. The Morgan fingerprint density at radius 2 is 2.00 bits per heavy atom. The van der Waals surface area contributed by atoms with Crippen molar-refractivity contribution >= 4 is 11.6 Å². The van der Waals surface area contributed by atoms with E-state index in [9.17, 15) is 4.79 Å². The van der Waals surface area contributed by atoms with Crippen molar-refractivity contribution < 1.29 is 4.79 Å². The van der Waals surface area contributed by atoms with Crippen molar-refractivity contribution in [3.8, 4) is 5.69 Å². The van der Waals surface area contributed by atoms with Crippen LogP contribution >= 0.6 is 0 Å².